The fourth-order valence-corrected chi connectivity index (χ4v) is 4.33. The van der Waals surface area contributed by atoms with Gasteiger partial charge in [-0.25, -0.2) is 0 Å². The number of hydrogen-bond donors (Lipinski definition) is 1. The van der Waals surface area contributed by atoms with Gasteiger partial charge in [-0.3, -0.25) is 4.79 Å². The van der Waals surface area contributed by atoms with E-state index in [4.69, 9.17) is 18.6 Å². The van der Waals surface area contributed by atoms with E-state index in [9.17, 15) is 4.79 Å². The molecule has 2 aromatic carbocycles. The summed E-state index contributed by atoms with van der Waals surface area (Å²) in [5, 5.41) is 4.06. The lowest BCUT2D eigenvalue weighted by molar-refractivity contribution is -0.116. The summed E-state index contributed by atoms with van der Waals surface area (Å²) in [4.78, 5) is 12.6. The van der Waals surface area contributed by atoms with Crippen molar-refractivity contribution in [3.05, 3.63) is 58.9 Å². The summed E-state index contributed by atoms with van der Waals surface area (Å²) in [6.45, 7) is 2.57. The number of allylic oxidation sites excluding steroid dienone is 1. The smallest absolute Gasteiger partial charge is 0.244 e. The first-order valence-corrected chi connectivity index (χ1v) is 10.6. The van der Waals surface area contributed by atoms with Crippen LogP contribution in [0.25, 0.3) is 16.5 Å². The van der Waals surface area contributed by atoms with E-state index in [0.717, 1.165) is 52.0 Å². The van der Waals surface area contributed by atoms with Gasteiger partial charge in [-0.1, -0.05) is 6.07 Å². The third kappa shape index (κ3) is 3.74. The quantitative estimate of drug-likeness (QED) is 0.604. The van der Waals surface area contributed by atoms with Crippen LogP contribution in [0, 0.1) is 0 Å². The summed E-state index contributed by atoms with van der Waals surface area (Å²) >= 11 is 0. The third-order valence-corrected chi connectivity index (χ3v) is 5.95. The molecule has 1 N–H and O–H groups in total. The topological polar surface area (TPSA) is 69.9 Å². The Morgan fingerprint density at radius 1 is 1.13 bits per heavy atom. The normalized spacial score (nSPS) is 15.1. The monoisotopic (exact) mass is 419 g/mol. The number of carbonyl (C=O) groups excluding carboxylic acids is 1. The lowest BCUT2D eigenvalue weighted by Crippen LogP contribution is -2.20. The standard InChI is InChI=1S/C25H25NO5/c1-15(9-25(27)26-13-16-7-8-21-24(10-16)30-14-29-21)18-11-19-17-5-3-4-6-20(17)31-23(19)12-22(18)28-2/h7-12H,3-6,13-14H2,1-2H3,(H,26,27)/b15-9+. The molecule has 160 valence electrons. The van der Waals surface area contributed by atoms with E-state index < -0.39 is 0 Å². The van der Waals surface area contributed by atoms with Gasteiger partial charge in [0.2, 0.25) is 12.7 Å². The van der Waals surface area contributed by atoms with E-state index in [2.05, 4.69) is 11.4 Å². The second-order valence-corrected chi connectivity index (χ2v) is 7.99. The Morgan fingerprint density at radius 3 is 2.84 bits per heavy atom. The number of furan rings is 1. The average molecular weight is 419 g/mol. The Hall–Kier alpha value is -3.41. The lowest BCUT2D eigenvalue weighted by Gasteiger charge is -2.11. The van der Waals surface area contributed by atoms with Gasteiger partial charge in [-0.15, -0.1) is 0 Å². The van der Waals surface area contributed by atoms with Crippen LogP contribution in [0.1, 0.15) is 42.2 Å². The molecule has 0 saturated carbocycles. The highest BCUT2D eigenvalue weighted by Gasteiger charge is 2.20. The predicted molar refractivity (Wildman–Crippen MR) is 117 cm³/mol. The highest BCUT2D eigenvalue weighted by Crippen LogP contribution is 2.38. The summed E-state index contributed by atoms with van der Waals surface area (Å²) in [6, 6.07) is 9.70. The van der Waals surface area contributed by atoms with Gasteiger partial charge in [-0.2, -0.15) is 0 Å². The number of ether oxygens (including phenoxy) is 3. The highest BCUT2D eigenvalue weighted by atomic mass is 16.7. The number of hydrogen-bond acceptors (Lipinski definition) is 5. The Balaban J connectivity index is 1.36. The SMILES string of the molecule is COc1cc2oc3c(c2cc1/C(C)=C/C(=O)NCc1ccc2c(c1)OCO2)CCCC3. The Morgan fingerprint density at radius 2 is 1.97 bits per heavy atom. The maximum Gasteiger partial charge on any atom is 0.244 e. The van der Waals surface area contributed by atoms with Crippen molar-refractivity contribution in [1.29, 1.82) is 0 Å². The average Bonchev–Trinajstić information content (AvgIpc) is 3.40. The van der Waals surface area contributed by atoms with Gasteiger partial charge in [0.1, 0.15) is 17.1 Å². The summed E-state index contributed by atoms with van der Waals surface area (Å²) in [6.07, 6.45) is 5.98. The van der Waals surface area contributed by atoms with Crippen molar-refractivity contribution < 1.29 is 23.4 Å². The van der Waals surface area contributed by atoms with Gasteiger partial charge in [0.25, 0.3) is 0 Å². The summed E-state index contributed by atoms with van der Waals surface area (Å²) in [5.41, 5.74) is 4.85. The van der Waals surface area contributed by atoms with Crippen molar-refractivity contribution in [2.45, 2.75) is 39.2 Å². The van der Waals surface area contributed by atoms with Crippen molar-refractivity contribution in [3.63, 3.8) is 0 Å². The zero-order valence-electron chi connectivity index (χ0n) is 17.7. The van der Waals surface area contributed by atoms with E-state index in [-0.39, 0.29) is 12.7 Å². The zero-order valence-corrected chi connectivity index (χ0v) is 17.7. The molecular formula is C25H25NO5. The summed E-state index contributed by atoms with van der Waals surface area (Å²) in [5.74, 6) is 3.07. The first-order valence-electron chi connectivity index (χ1n) is 10.6. The molecule has 6 heteroatoms. The first-order chi connectivity index (χ1) is 15.1. The highest BCUT2D eigenvalue weighted by molar-refractivity contribution is 5.97. The minimum atomic E-state index is -0.161. The van der Waals surface area contributed by atoms with Crippen molar-refractivity contribution in [3.8, 4) is 17.2 Å². The van der Waals surface area contributed by atoms with Crippen LogP contribution in [-0.4, -0.2) is 19.8 Å². The van der Waals surface area contributed by atoms with Gasteiger partial charge < -0.3 is 23.9 Å². The van der Waals surface area contributed by atoms with Crippen molar-refractivity contribution in [1.82, 2.24) is 5.32 Å². The number of aryl methyl sites for hydroxylation is 2. The van der Waals surface area contributed by atoms with E-state index >= 15 is 0 Å². The third-order valence-electron chi connectivity index (χ3n) is 5.95. The molecule has 0 bridgehead atoms. The number of benzene rings is 2. The molecule has 3 aromatic rings. The zero-order chi connectivity index (χ0) is 21.4. The van der Waals surface area contributed by atoms with Gasteiger partial charge in [0, 0.05) is 41.6 Å². The lowest BCUT2D eigenvalue weighted by atomic mass is 9.94. The number of fused-ring (bicyclic) bond motifs is 4. The van der Waals surface area contributed by atoms with Gasteiger partial charge in [-0.05, 0) is 55.5 Å². The maximum absolute atomic E-state index is 12.6. The van der Waals surface area contributed by atoms with E-state index in [1.807, 2.05) is 31.2 Å². The molecule has 1 aromatic heterocycles. The molecule has 0 unspecified atom stereocenters. The number of amides is 1. The van der Waals surface area contributed by atoms with Crippen LogP contribution in [0.15, 0.2) is 40.8 Å². The van der Waals surface area contributed by atoms with Crippen molar-refractivity contribution >= 4 is 22.4 Å². The van der Waals surface area contributed by atoms with Crippen LogP contribution in [0.5, 0.6) is 17.2 Å². The van der Waals surface area contributed by atoms with Crippen LogP contribution in [0.3, 0.4) is 0 Å². The second kappa shape index (κ2) is 8.02. The fourth-order valence-electron chi connectivity index (χ4n) is 4.33. The first kappa shape index (κ1) is 19.5. The molecule has 1 aliphatic carbocycles. The van der Waals surface area contributed by atoms with Crippen LogP contribution in [0.4, 0.5) is 0 Å². The molecule has 0 spiro atoms. The molecule has 0 saturated heterocycles. The number of nitrogens with one attached hydrogen (secondary N) is 1. The van der Waals surface area contributed by atoms with Crippen molar-refractivity contribution in [2.24, 2.45) is 0 Å². The van der Waals surface area contributed by atoms with E-state index in [1.54, 1.807) is 13.2 Å². The Labute approximate surface area is 180 Å². The fraction of sp³-hybridized carbons (Fsp3) is 0.320. The minimum absolute atomic E-state index is 0.161. The minimum Gasteiger partial charge on any atom is -0.496 e. The van der Waals surface area contributed by atoms with E-state index in [1.165, 1.54) is 18.4 Å². The maximum atomic E-state index is 12.6. The van der Waals surface area contributed by atoms with Crippen LogP contribution < -0.4 is 19.5 Å². The molecule has 0 radical (unpaired) electrons. The number of methoxy groups -OCH3 is 1. The molecule has 0 fully saturated rings. The molecular weight excluding hydrogens is 394 g/mol. The molecule has 5 rings (SSSR count). The molecule has 31 heavy (non-hydrogen) atoms. The second-order valence-electron chi connectivity index (χ2n) is 7.99. The molecule has 1 amide bonds. The number of carbonyl (C=O) groups is 1. The van der Waals surface area contributed by atoms with Crippen LogP contribution in [-0.2, 0) is 24.2 Å². The Kier molecular flexibility index (Phi) is 5.06. The van der Waals surface area contributed by atoms with E-state index in [0.29, 0.717) is 18.0 Å². The van der Waals surface area contributed by atoms with Crippen LogP contribution in [0.2, 0.25) is 0 Å². The molecule has 1 aliphatic heterocycles. The molecule has 2 aliphatic rings. The summed E-state index contributed by atoms with van der Waals surface area (Å²) < 4.78 is 22.4. The molecule has 2 heterocycles. The summed E-state index contributed by atoms with van der Waals surface area (Å²) in [7, 11) is 1.64. The number of rotatable bonds is 5. The molecule has 6 nitrogen and oxygen atoms in total. The van der Waals surface area contributed by atoms with Gasteiger partial charge in [0.05, 0.1) is 7.11 Å². The predicted octanol–water partition coefficient (Wildman–Crippen LogP) is 4.77. The largest absolute Gasteiger partial charge is 0.496 e. The van der Waals surface area contributed by atoms with Crippen LogP contribution >= 0.6 is 0 Å². The molecule has 0 atom stereocenters. The van der Waals surface area contributed by atoms with Crippen molar-refractivity contribution in [2.75, 3.05) is 13.9 Å². The van der Waals surface area contributed by atoms with Gasteiger partial charge >= 0.3 is 0 Å². The Bertz CT molecular complexity index is 1190. The van der Waals surface area contributed by atoms with Gasteiger partial charge in [0.15, 0.2) is 11.5 Å².